The summed E-state index contributed by atoms with van der Waals surface area (Å²) in [4.78, 5) is 120. The van der Waals surface area contributed by atoms with Gasteiger partial charge in [0.1, 0.15) is 42.3 Å². The Morgan fingerprint density at radius 1 is 0.656 bits per heavy atom. The molecule has 21 nitrogen and oxygen atoms in total. The van der Waals surface area contributed by atoms with Gasteiger partial charge in [-0.2, -0.15) is 0 Å². The summed E-state index contributed by atoms with van der Waals surface area (Å²) < 4.78 is 0. The number of unbranched alkanes of at least 4 members (excludes halogenated alkanes) is 1. The third-order valence-corrected chi connectivity index (χ3v) is 10.6. The van der Waals surface area contributed by atoms with Gasteiger partial charge in [0.2, 0.25) is 47.3 Å². The van der Waals surface area contributed by atoms with Gasteiger partial charge in [-0.1, -0.05) is 34.1 Å². The Bertz CT molecular complexity index is 1560. The van der Waals surface area contributed by atoms with Crippen LogP contribution in [0.3, 0.4) is 0 Å². The summed E-state index contributed by atoms with van der Waals surface area (Å²) >= 11 is 0. The van der Waals surface area contributed by atoms with Gasteiger partial charge in [-0.3, -0.25) is 38.4 Å². The van der Waals surface area contributed by atoms with Gasteiger partial charge in [0.25, 0.3) is 0 Å². The molecular weight excluding hydrogens is 796 g/mol. The summed E-state index contributed by atoms with van der Waals surface area (Å²) in [6, 6.07) is -8.91. The molecule has 0 aliphatic carbocycles. The molecule has 8 amide bonds. The molecule has 0 aromatic rings. The summed E-state index contributed by atoms with van der Waals surface area (Å²) in [6.45, 7) is 11.9. The predicted molar refractivity (Wildman–Crippen MR) is 223 cm³/mol. The van der Waals surface area contributed by atoms with E-state index in [2.05, 4.69) is 31.9 Å². The molecule has 9 atom stereocenters. The number of aliphatic carboxylic acids is 1. The van der Waals surface area contributed by atoms with E-state index in [1.165, 1.54) is 30.6 Å². The van der Waals surface area contributed by atoms with Gasteiger partial charge in [0.15, 0.2) is 0 Å². The van der Waals surface area contributed by atoms with Gasteiger partial charge in [0, 0.05) is 13.1 Å². The molecule has 61 heavy (non-hydrogen) atoms. The van der Waals surface area contributed by atoms with E-state index in [9.17, 15) is 53.4 Å². The first-order valence-corrected chi connectivity index (χ1v) is 21.3. The molecule has 2 saturated heterocycles. The molecule has 0 aromatic carbocycles. The number of nitrogens with one attached hydrogen (secondary N) is 6. The second kappa shape index (κ2) is 25.1. The minimum Gasteiger partial charge on any atom is -0.480 e. The largest absolute Gasteiger partial charge is 0.480 e. The van der Waals surface area contributed by atoms with E-state index in [0.717, 1.165) is 6.42 Å². The number of nitrogens with zero attached hydrogens (tertiary/aromatic N) is 2. The number of carboxylic acids is 1. The molecule has 0 aromatic heterocycles. The predicted octanol–water partition coefficient (Wildman–Crippen LogP) is -2.44. The van der Waals surface area contributed by atoms with Crippen molar-refractivity contribution in [3.05, 3.63) is 0 Å². The molecule has 21 heteroatoms. The van der Waals surface area contributed by atoms with Crippen molar-refractivity contribution in [3.8, 4) is 0 Å². The Hall–Kier alpha value is -4.89. The highest BCUT2D eigenvalue weighted by atomic mass is 16.4. The second-order valence-electron chi connectivity index (χ2n) is 17.0. The second-order valence-corrected chi connectivity index (χ2v) is 17.0. The van der Waals surface area contributed by atoms with Crippen LogP contribution in [-0.2, 0) is 43.2 Å². The fraction of sp³-hybridized carbons (Fsp3) is 0.775. The first-order chi connectivity index (χ1) is 28.6. The Labute approximate surface area is 358 Å². The van der Waals surface area contributed by atoms with Gasteiger partial charge in [0.05, 0.1) is 18.7 Å². The molecule has 2 fully saturated rings. The minimum atomic E-state index is -1.54. The van der Waals surface area contributed by atoms with Crippen molar-refractivity contribution in [2.24, 2.45) is 23.3 Å². The van der Waals surface area contributed by atoms with Crippen LogP contribution in [0.25, 0.3) is 0 Å². The monoisotopic (exact) mass is 867 g/mol. The Kier molecular flexibility index (Phi) is 21.5. The number of aliphatic hydroxyl groups excluding tert-OH is 1. The van der Waals surface area contributed by atoms with Crippen molar-refractivity contribution in [1.29, 1.82) is 0 Å². The lowest BCUT2D eigenvalue weighted by Crippen LogP contribution is -2.60. The zero-order chi connectivity index (χ0) is 46.1. The molecule has 2 heterocycles. The minimum absolute atomic E-state index is 0.0769. The summed E-state index contributed by atoms with van der Waals surface area (Å²) in [5, 5.41) is 34.9. The van der Waals surface area contributed by atoms with Crippen LogP contribution in [0, 0.1) is 11.8 Å². The highest BCUT2D eigenvalue weighted by Crippen LogP contribution is 2.25. The fourth-order valence-corrected chi connectivity index (χ4v) is 7.24. The van der Waals surface area contributed by atoms with Crippen molar-refractivity contribution >= 4 is 53.2 Å². The number of hydrogen-bond acceptors (Lipinski definition) is 12. The van der Waals surface area contributed by atoms with Crippen LogP contribution in [0.1, 0.15) is 106 Å². The van der Waals surface area contributed by atoms with Crippen LogP contribution in [0.2, 0.25) is 0 Å². The Balaban J connectivity index is 2.00. The zero-order valence-electron chi connectivity index (χ0n) is 36.7. The van der Waals surface area contributed by atoms with Gasteiger partial charge in [-0.15, -0.1) is 0 Å². The van der Waals surface area contributed by atoms with Crippen molar-refractivity contribution < 1.29 is 53.4 Å². The summed E-state index contributed by atoms with van der Waals surface area (Å²) in [7, 11) is 0. The average Bonchev–Trinajstić information content (AvgIpc) is 3.88. The molecule has 0 bridgehead atoms. The van der Waals surface area contributed by atoms with Crippen molar-refractivity contribution in [1.82, 2.24) is 41.7 Å². The highest BCUT2D eigenvalue weighted by molar-refractivity contribution is 5.98. The smallest absolute Gasteiger partial charge is 0.326 e. The van der Waals surface area contributed by atoms with E-state index < -0.39 is 108 Å². The number of likely N-dealkylation sites (tertiary alicyclic amines) is 2. The van der Waals surface area contributed by atoms with Crippen molar-refractivity contribution in [3.63, 3.8) is 0 Å². The van der Waals surface area contributed by atoms with Crippen LogP contribution >= 0.6 is 0 Å². The number of rotatable bonds is 24. The third-order valence-electron chi connectivity index (χ3n) is 10.6. The number of amides is 8. The van der Waals surface area contributed by atoms with Crippen LogP contribution in [0.15, 0.2) is 0 Å². The molecule has 2 aliphatic heterocycles. The molecular formula is C40H70N10O11. The average molecular weight is 867 g/mol. The van der Waals surface area contributed by atoms with E-state index in [1.807, 2.05) is 0 Å². The van der Waals surface area contributed by atoms with E-state index in [4.69, 9.17) is 11.5 Å². The molecule has 0 radical (unpaired) electrons. The summed E-state index contributed by atoms with van der Waals surface area (Å²) in [5.41, 5.74) is 11.4. The fourth-order valence-electron chi connectivity index (χ4n) is 7.24. The molecule has 12 N–H and O–H groups in total. The number of carbonyl (C=O) groups is 9. The number of carboxylic acid groups (broad SMARTS) is 1. The molecule has 2 rings (SSSR count). The lowest BCUT2D eigenvalue weighted by Gasteiger charge is -2.31. The standard InChI is InChI=1S/C40H70N10O11/c1-21(2)18-27(36(56)48-32(25(7)51)38(58)47-28(40(60)61)19-22(3)4)46-34(54)24(6)44-33(53)23(5)45-37(57)29-13-10-17-50(29)39(59)30-14-11-16-49(30)31(52)20-43-35(55)26(42)12-8-9-15-41/h21-30,32,51H,8-20,41-42H2,1-7H3,(H,43,55)(H,44,53)(H,45,57)(H,46,54)(H,47,58)(H,48,56)(H,60,61). The van der Waals surface area contributed by atoms with E-state index in [0.29, 0.717) is 51.6 Å². The Morgan fingerprint density at radius 3 is 1.77 bits per heavy atom. The number of nitrogens with two attached hydrogens (primary N) is 2. The highest BCUT2D eigenvalue weighted by Gasteiger charge is 2.43. The van der Waals surface area contributed by atoms with E-state index in [-0.39, 0.29) is 37.8 Å². The van der Waals surface area contributed by atoms with Gasteiger partial charge in [-0.05, 0) is 90.5 Å². The third kappa shape index (κ3) is 16.5. The molecule has 2 aliphatic rings. The first kappa shape index (κ1) is 52.2. The SMILES string of the molecule is CC(C)CC(NC(=O)C(NC(=O)C(CC(C)C)NC(=O)C(C)NC(=O)C(C)NC(=O)C1CCCN1C(=O)C1CCCN1C(=O)CNC(=O)C(N)CCCCN)C(C)O)C(=O)O. The number of aliphatic hydroxyl groups is 1. The van der Waals surface area contributed by atoms with Crippen LogP contribution < -0.4 is 43.4 Å². The number of carbonyl (C=O) groups excluding carboxylic acids is 8. The molecule has 346 valence electrons. The maximum Gasteiger partial charge on any atom is 0.326 e. The van der Waals surface area contributed by atoms with Gasteiger partial charge >= 0.3 is 5.97 Å². The van der Waals surface area contributed by atoms with E-state index >= 15 is 0 Å². The summed E-state index contributed by atoms with van der Waals surface area (Å²) in [5.74, 6) is -6.65. The van der Waals surface area contributed by atoms with E-state index in [1.54, 1.807) is 27.7 Å². The quantitative estimate of drug-likeness (QED) is 0.0452. The molecule has 0 saturated carbocycles. The maximum absolute atomic E-state index is 13.8. The Morgan fingerprint density at radius 2 is 1.20 bits per heavy atom. The van der Waals surface area contributed by atoms with Crippen LogP contribution in [-0.4, -0.2) is 154 Å². The molecule has 0 spiro atoms. The topological polar surface area (TPSA) is 325 Å². The molecule has 9 unspecified atom stereocenters. The zero-order valence-corrected chi connectivity index (χ0v) is 36.7. The lowest BCUT2D eigenvalue weighted by atomic mass is 10.0. The first-order valence-electron chi connectivity index (χ1n) is 21.3. The normalized spacial score (nSPS) is 19.8. The van der Waals surface area contributed by atoms with Crippen molar-refractivity contribution in [2.45, 2.75) is 161 Å². The van der Waals surface area contributed by atoms with Crippen molar-refractivity contribution in [2.75, 3.05) is 26.2 Å². The van der Waals surface area contributed by atoms with Crippen LogP contribution in [0.4, 0.5) is 0 Å². The van der Waals surface area contributed by atoms with Gasteiger partial charge < -0.3 is 63.4 Å². The maximum atomic E-state index is 13.8. The number of hydrogen-bond donors (Lipinski definition) is 10. The van der Waals surface area contributed by atoms with Crippen LogP contribution in [0.5, 0.6) is 0 Å². The lowest BCUT2D eigenvalue weighted by molar-refractivity contribution is -0.146. The van der Waals surface area contributed by atoms with Gasteiger partial charge in [-0.25, -0.2) is 4.79 Å². The summed E-state index contributed by atoms with van der Waals surface area (Å²) in [6.07, 6.45) is 2.36.